The first kappa shape index (κ1) is 22.3. The van der Waals surface area contributed by atoms with Gasteiger partial charge in [-0.2, -0.15) is 0 Å². The molecule has 0 spiro atoms. The van der Waals surface area contributed by atoms with Crippen molar-refractivity contribution in [1.29, 1.82) is 0 Å². The van der Waals surface area contributed by atoms with Gasteiger partial charge >= 0.3 is 0 Å². The molecule has 0 N–H and O–H groups in total. The molecule has 3 aromatic carbocycles. The lowest BCUT2D eigenvalue weighted by atomic mass is 10.1. The SMILES string of the molecule is C#CCN(CCc1ccc(OC)cc1)Cc1cccc(OC)c1OCc1ccccc1. The van der Waals surface area contributed by atoms with Crippen LogP contribution in [-0.4, -0.2) is 32.2 Å². The third-order valence-corrected chi connectivity index (χ3v) is 5.09. The van der Waals surface area contributed by atoms with Gasteiger partial charge in [0.2, 0.25) is 0 Å². The lowest BCUT2D eigenvalue weighted by Crippen LogP contribution is -2.26. The first-order chi connectivity index (χ1) is 15.2. The third-order valence-electron chi connectivity index (χ3n) is 5.09. The second-order valence-electron chi connectivity index (χ2n) is 7.24. The number of ether oxygens (including phenoxy) is 3. The van der Waals surface area contributed by atoms with E-state index in [4.69, 9.17) is 20.6 Å². The van der Waals surface area contributed by atoms with Gasteiger partial charge in [-0.15, -0.1) is 6.42 Å². The summed E-state index contributed by atoms with van der Waals surface area (Å²) in [6, 6.07) is 24.2. The molecule has 0 aliphatic heterocycles. The molecule has 0 fully saturated rings. The van der Waals surface area contributed by atoms with Crippen LogP contribution in [0.4, 0.5) is 0 Å². The van der Waals surface area contributed by atoms with E-state index in [1.165, 1.54) is 5.56 Å². The van der Waals surface area contributed by atoms with Crippen LogP contribution >= 0.6 is 0 Å². The molecule has 0 aromatic heterocycles. The number of para-hydroxylation sites is 1. The topological polar surface area (TPSA) is 30.9 Å². The van der Waals surface area contributed by atoms with Gasteiger partial charge in [0.05, 0.1) is 20.8 Å². The highest BCUT2D eigenvalue weighted by molar-refractivity contribution is 5.46. The Morgan fingerprint density at radius 2 is 1.61 bits per heavy atom. The van der Waals surface area contributed by atoms with Crippen LogP contribution in [0.3, 0.4) is 0 Å². The summed E-state index contributed by atoms with van der Waals surface area (Å²) in [5.74, 6) is 5.13. The molecular weight excluding hydrogens is 386 g/mol. The molecule has 0 saturated heterocycles. The summed E-state index contributed by atoms with van der Waals surface area (Å²) in [5, 5.41) is 0. The molecule has 160 valence electrons. The van der Waals surface area contributed by atoms with Crippen LogP contribution in [0.15, 0.2) is 72.8 Å². The van der Waals surface area contributed by atoms with Gasteiger partial charge in [0.1, 0.15) is 12.4 Å². The van der Waals surface area contributed by atoms with Crippen molar-refractivity contribution in [2.45, 2.75) is 19.6 Å². The van der Waals surface area contributed by atoms with Crippen LogP contribution in [0, 0.1) is 12.3 Å². The fourth-order valence-corrected chi connectivity index (χ4v) is 3.40. The van der Waals surface area contributed by atoms with Crippen LogP contribution in [0.5, 0.6) is 17.2 Å². The maximum absolute atomic E-state index is 6.20. The average molecular weight is 416 g/mol. The molecule has 0 saturated carbocycles. The molecular formula is C27H29NO3. The molecule has 0 atom stereocenters. The molecule has 3 aromatic rings. The number of hydrogen-bond acceptors (Lipinski definition) is 4. The Hall–Kier alpha value is -3.42. The lowest BCUT2D eigenvalue weighted by molar-refractivity contribution is 0.263. The maximum Gasteiger partial charge on any atom is 0.166 e. The van der Waals surface area contributed by atoms with Crippen molar-refractivity contribution in [3.8, 4) is 29.6 Å². The monoisotopic (exact) mass is 415 g/mol. The summed E-state index contributed by atoms with van der Waals surface area (Å²) in [6.07, 6.45) is 6.55. The van der Waals surface area contributed by atoms with Gasteiger partial charge in [-0.1, -0.05) is 60.5 Å². The van der Waals surface area contributed by atoms with Crippen molar-refractivity contribution in [3.05, 3.63) is 89.5 Å². The van der Waals surface area contributed by atoms with E-state index in [-0.39, 0.29) is 0 Å². The second kappa shape index (κ2) is 11.7. The standard InChI is InChI=1S/C27H29NO3/c1-4-18-28(19-17-22-13-15-25(29-2)16-14-22)20-24-11-8-12-26(30-3)27(24)31-21-23-9-6-5-7-10-23/h1,5-16H,17-21H2,2-3H3. The molecule has 0 aliphatic rings. The second-order valence-corrected chi connectivity index (χ2v) is 7.24. The molecule has 0 aliphatic carbocycles. The molecule has 31 heavy (non-hydrogen) atoms. The zero-order valence-electron chi connectivity index (χ0n) is 18.2. The van der Waals surface area contributed by atoms with E-state index in [0.717, 1.165) is 41.3 Å². The smallest absolute Gasteiger partial charge is 0.166 e. The van der Waals surface area contributed by atoms with Crippen molar-refractivity contribution < 1.29 is 14.2 Å². The van der Waals surface area contributed by atoms with Crippen molar-refractivity contribution in [3.63, 3.8) is 0 Å². The molecule has 4 heteroatoms. The molecule has 0 heterocycles. The van der Waals surface area contributed by atoms with E-state index >= 15 is 0 Å². The van der Waals surface area contributed by atoms with Crippen molar-refractivity contribution >= 4 is 0 Å². The van der Waals surface area contributed by atoms with Crippen LogP contribution in [0.25, 0.3) is 0 Å². The number of hydrogen-bond donors (Lipinski definition) is 0. The van der Waals surface area contributed by atoms with E-state index in [0.29, 0.717) is 19.7 Å². The average Bonchev–Trinajstić information content (AvgIpc) is 2.82. The minimum atomic E-state index is 0.481. The number of rotatable bonds is 11. The van der Waals surface area contributed by atoms with Gasteiger partial charge in [0, 0.05) is 18.7 Å². The fourth-order valence-electron chi connectivity index (χ4n) is 3.40. The van der Waals surface area contributed by atoms with E-state index in [2.05, 4.69) is 41.2 Å². The van der Waals surface area contributed by atoms with E-state index in [1.807, 2.05) is 42.5 Å². The minimum absolute atomic E-state index is 0.481. The van der Waals surface area contributed by atoms with Gasteiger partial charge in [0.15, 0.2) is 11.5 Å². The Kier molecular flexibility index (Phi) is 8.39. The maximum atomic E-state index is 6.20. The number of benzene rings is 3. The number of nitrogens with zero attached hydrogens (tertiary/aromatic N) is 1. The van der Waals surface area contributed by atoms with Crippen LogP contribution in [-0.2, 0) is 19.6 Å². The van der Waals surface area contributed by atoms with Crippen LogP contribution in [0.2, 0.25) is 0 Å². The Labute approximate surface area is 185 Å². The normalized spacial score (nSPS) is 10.5. The summed E-state index contributed by atoms with van der Waals surface area (Å²) in [6.45, 7) is 2.56. The van der Waals surface area contributed by atoms with Crippen molar-refractivity contribution in [1.82, 2.24) is 4.90 Å². The summed E-state index contributed by atoms with van der Waals surface area (Å²) < 4.78 is 17.0. The summed E-state index contributed by atoms with van der Waals surface area (Å²) in [7, 11) is 3.34. The van der Waals surface area contributed by atoms with Gasteiger partial charge in [-0.05, 0) is 35.7 Å². The predicted molar refractivity (Wildman–Crippen MR) is 125 cm³/mol. The van der Waals surface area contributed by atoms with E-state index in [1.54, 1.807) is 14.2 Å². The van der Waals surface area contributed by atoms with Gasteiger partial charge in [0.25, 0.3) is 0 Å². The largest absolute Gasteiger partial charge is 0.497 e. The molecule has 3 rings (SSSR count). The van der Waals surface area contributed by atoms with Crippen molar-refractivity contribution in [2.24, 2.45) is 0 Å². The molecule has 0 bridgehead atoms. The predicted octanol–water partition coefficient (Wildman–Crippen LogP) is 4.96. The molecule has 0 radical (unpaired) electrons. The first-order valence-corrected chi connectivity index (χ1v) is 10.3. The van der Waals surface area contributed by atoms with Crippen molar-refractivity contribution in [2.75, 3.05) is 27.3 Å². The van der Waals surface area contributed by atoms with Gasteiger partial charge in [-0.25, -0.2) is 0 Å². The van der Waals surface area contributed by atoms with Gasteiger partial charge in [-0.3, -0.25) is 4.90 Å². The Morgan fingerprint density at radius 3 is 2.29 bits per heavy atom. The Morgan fingerprint density at radius 1 is 0.839 bits per heavy atom. The Balaban J connectivity index is 1.71. The number of methoxy groups -OCH3 is 2. The quantitative estimate of drug-likeness (QED) is 0.414. The highest BCUT2D eigenvalue weighted by Gasteiger charge is 2.14. The molecule has 4 nitrogen and oxygen atoms in total. The summed E-state index contributed by atoms with van der Waals surface area (Å²) in [4.78, 5) is 2.24. The van der Waals surface area contributed by atoms with Crippen LogP contribution < -0.4 is 14.2 Å². The highest BCUT2D eigenvalue weighted by atomic mass is 16.5. The zero-order valence-corrected chi connectivity index (χ0v) is 18.2. The fraction of sp³-hybridized carbons (Fsp3) is 0.259. The minimum Gasteiger partial charge on any atom is -0.497 e. The first-order valence-electron chi connectivity index (χ1n) is 10.3. The number of terminal acetylenes is 1. The Bertz CT molecular complexity index is 978. The highest BCUT2D eigenvalue weighted by Crippen LogP contribution is 2.32. The molecule has 0 unspecified atom stereocenters. The van der Waals surface area contributed by atoms with E-state index < -0.39 is 0 Å². The zero-order chi connectivity index (χ0) is 21.9. The van der Waals surface area contributed by atoms with E-state index in [9.17, 15) is 0 Å². The molecule has 0 amide bonds. The third kappa shape index (κ3) is 6.53. The summed E-state index contributed by atoms with van der Waals surface area (Å²) >= 11 is 0. The van der Waals surface area contributed by atoms with Crippen LogP contribution in [0.1, 0.15) is 16.7 Å². The lowest BCUT2D eigenvalue weighted by Gasteiger charge is -2.22. The van der Waals surface area contributed by atoms with Gasteiger partial charge < -0.3 is 14.2 Å². The summed E-state index contributed by atoms with van der Waals surface area (Å²) in [5.41, 5.74) is 3.41.